The maximum absolute atomic E-state index is 11.6. The number of rotatable bonds is 2. The molecule has 0 heterocycles. The summed E-state index contributed by atoms with van der Waals surface area (Å²) >= 11 is 0. The molecule has 1 rings (SSSR count). The van der Waals surface area contributed by atoms with Crippen LogP contribution in [0.25, 0.3) is 0 Å². The van der Waals surface area contributed by atoms with Crippen LogP contribution >= 0.6 is 0 Å². The Morgan fingerprint density at radius 1 is 1.38 bits per heavy atom. The van der Waals surface area contributed by atoms with Crippen molar-refractivity contribution in [1.29, 1.82) is 0 Å². The Labute approximate surface area is 81.1 Å². The monoisotopic (exact) mass is 183 g/mol. The summed E-state index contributed by atoms with van der Waals surface area (Å²) in [5.74, 6) is 1.28. The first-order chi connectivity index (χ1) is 6.09. The predicted molar refractivity (Wildman–Crippen MR) is 54.4 cm³/mol. The van der Waals surface area contributed by atoms with Gasteiger partial charge in [0, 0.05) is 12.0 Å². The van der Waals surface area contributed by atoms with Crippen LogP contribution in [0.2, 0.25) is 0 Å². The number of carbonyl (C=O) groups is 1. The topological polar surface area (TPSA) is 29.1 Å². The van der Waals surface area contributed by atoms with Gasteiger partial charge >= 0.3 is 0 Å². The van der Waals surface area contributed by atoms with E-state index in [-0.39, 0.29) is 17.9 Å². The summed E-state index contributed by atoms with van der Waals surface area (Å²) in [6.07, 6.45) is 4.68. The maximum Gasteiger partial charge on any atom is 0.223 e. The molecule has 2 unspecified atom stereocenters. The van der Waals surface area contributed by atoms with Gasteiger partial charge in [0.25, 0.3) is 0 Å². The number of carbonyl (C=O) groups excluding carboxylic acids is 1. The lowest BCUT2D eigenvalue weighted by atomic mass is 9.82. The molecule has 1 aliphatic rings. The van der Waals surface area contributed by atoms with Crippen LogP contribution in [0.3, 0.4) is 0 Å². The van der Waals surface area contributed by atoms with Crippen molar-refractivity contribution in [3.63, 3.8) is 0 Å². The Bertz CT molecular complexity index is 177. The van der Waals surface area contributed by atoms with E-state index in [0.717, 1.165) is 18.8 Å². The van der Waals surface area contributed by atoms with Gasteiger partial charge in [-0.3, -0.25) is 4.79 Å². The summed E-state index contributed by atoms with van der Waals surface area (Å²) in [5, 5.41) is 2.99. The summed E-state index contributed by atoms with van der Waals surface area (Å²) < 4.78 is 0. The smallest absolute Gasteiger partial charge is 0.223 e. The second-order valence-corrected chi connectivity index (χ2v) is 4.63. The maximum atomic E-state index is 11.6. The molecule has 2 heteroatoms. The Balaban J connectivity index is 2.37. The van der Waals surface area contributed by atoms with E-state index in [1.807, 2.05) is 13.8 Å². The summed E-state index contributed by atoms with van der Waals surface area (Å²) in [6, 6.07) is 0.282. The number of hydrogen-bond donors (Lipinski definition) is 1. The normalized spacial score (nSPS) is 28.9. The lowest BCUT2D eigenvalue weighted by molar-refractivity contribution is -0.126. The Hall–Kier alpha value is -0.530. The van der Waals surface area contributed by atoms with Crippen LogP contribution in [-0.4, -0.2) is 11.9 Å². The highest BCUT2D eigenvalue weighted by Crippen LogP contribution is 2.28. The number of amides is 1. The molecule has 0 aromatic carbocycles. The summed E-state index contributed by atoms with van der Waals surface area (Å²) in [7, 11) is 0. The van der Waals surface area contributed by atoms with Crippen LogP contribution < -0.4 is 5.32 Å². The second-order valence-electron chi connectivity index (χ2n) is 4.63. The second kappa shape index (κ2) is 4.64. The minimum absolute atomic E-state index is 0.265. The molecule has 0 bridgehead atoms. The van der Waals surface area contributed by atoms with Crippen molar-refractivity contribution in [1.82, 2.24) is 5.32 Å². The van der Waals surface area contributed by atoms with Crippen molar-refractivity contribution in [2.75, 3.05) is 0 Å². The van der Waals surface area contributed by atoms with Gasteiger partial charge < -0.3 is 5.32 Å². The van der Waals surface area contributed by atoms with Crippen molar-refractivity contribution in [3.05, 3.63) is 0 Å². The van der Waals surface area contributed by atoms with Crippen LogP contribution in [0.4, 0.5) is 0 Å². The average molecular weight is 183 g/mol. The first-order valence-electron chi connectivity index (χ1n) is 5.40. The third-order valence-electron chi connectivity index (χ3n) is 2.74. The molecule has 1 saturated carbocycles. The molecule has 0 spiro atoms. The fraction of sp³-hybridized carbons (Fsp3) is 0.909. The van der Waals surface area contributed by atoms with Gasteiger partial charge in [0.2, 0.25) is 5.91 Å². The van der Waals surface area contributed by atoms with E-state index in [1.165, 1.54) is 12.8 Å². The highest BCUT2D eigenvalue weighted by atomic mass is 16.1. The molecule has 1 fully saturated rings. The van der Waals surface area contributed by atoms with Gasteiger partial charge in [0.1, 0.15) is 0 Å². The molecule has 1 aliphatic carbocycles. The first kappa shape index (κ1) is 10.6. The van der Waals surface area contributed by atoms with Gasteiger partial charge in [0.05, 0.1) is 0 Å². The standard InChI is InChI=1S/C11H21NO/c1-8(2)12-11(13)10-6-4-5-9(3)7-10/h8-10H,4-7H2,1-3H3,(H,12,13). The molecule has 0 radical (unpaired) electrons. The minimum atomic E-state index is 0.265. The quantitative estimate of drug-likeness (QED) is 0.699. The van der Waals surface area contributed by atoms with Crippen LogP contribution in [-0.2, 0) is 4.79 Å². The molecule has 13 heavy (non-hydrogen) atoms. The SMILES string of the molecule is CC1CCCC(C(=O)NC(C)C)C1. The third-order valence-corrected chi connectivity index (χ3v) is 2.74. The number of nitrogens with one attached hydrogen (secondary N) is 1. The molecule has 1 N–H and O–H groups in total. The third kappa shape index (κ3) is 3.37. The predicted octanol–water partition coefficient (Wildman–Crippen LogP) is 2.34. The van der Waals surface area contributed by atoms with Crippen LogP contribution in [0.15, 0.2) is 0 Å². The molecular formula is C11H21NO. The molecule has 76 valence electrons. The molecule has 2 nitrogen and oxygen atoms in total. The van der Waals surface area contributed by atoms with Gasteiger partial charge in [-0.05, 0) is 32.6 Å². The molecule has 0 aromatic rings. The van der Waals surface area contributed by atoms with Gasteiger partial charge in [-0.1, -0.05) is 19.8 Å². The van der Waals surface area contributed by atoms with Gasteiger partial charge in [0.15, 0.2) is 0 Å². The molecule has 0 aromatic heterocycles. The molecule has 1 amide bonds. The highest BCUT2D eigenvalue weighted by molar-refractivity contribution is 5.78. The van der Waals surface area contributed by atoms with Crippen molar-refractivity contribution in [2.24, 2.45) is 11.8 Å². The zero-order valence-electron chi connectivity index (χ0n) is 8.97. The minimum Gasteiger partial charge on any atom is -0.354 e. The molecule has 2 atom stereocenters. The number of hydrogen-bond acceptors (Lipinski definition) is 1. The highest BCUT2D eigenvalue weighted by Gasteiger charge is 2.24. The van der Waals surface area contributed by atoms with Crippen molar-refractivity contribution in [3.8, 4) is 0 Å². The fourth-order valence-corrected chi connectivity index (χ4v) is 2.07. The summed E-state index contributed by atoms with van der Waals surface area (Å²) in [4.78, 5) is 11.6. The van der Waals surface area contributed by atoms with Gasteiger partial charge in [-0.2, -0.15) is 0 Å². The zero-order chi connectivity index (χ0) is 9.84. The average Bonchev–Trinajstić information content (AvgIpc) is 2.03. The van der Waals surface area contributed by atoms with E-state index < -0.39 is 0 Å². The van der Waals surface area contributed by atoms with Crippen molar-refractivity contribution in [2.45, 2.75) is 52.5 Å². The molecule has 0 aliphatic heterocycles. The Morgan fingerprint density at radius 3 is 2.62 bits per heavy atom. The summed E-state index contributed by atoms with van der Waals surface area (Å²) in [5.41, 5.74) is 0. The van der Waals surface area contributed by atoms with E-state index in [2.05, 4.69) is 12.2 Å². The van der Waals surface area contributed by atoms with E-state index in [1.54, 1.807) is 0 Å². The Morgan fingerprint density at radius 2 is 2.08 bits per heavy atom. The van der Waals surface area contributed by atoms with Gasteiger partial charge in [-0.15, -0.1) is 0 Å². The zero-order valence-corrected chi connectivity index (χ0v) is 8.97. The van der Waals surface area contributed by atoms with E-state index in [9.17, 15) is 4.79 Å². The fourth-order valence-electron chi connectivity index (χ4n) is 2.07. The van der Waals surface area contributed by atoms with E-state index in [4.69, 9.17) is 0 Å². The first-order valence-corrected chi connectivity index (χ1v) is 5.40. The molecule has 0 saturated heterocycles. The summed E-state index contributed by atoms with van der Waals surface area (Å²) in [6.45, 7) is 6.28. The van der Waals surface area contributed by atoms with Crippen molar-refractivity contribution < 1.29 is 4.79 Å². The van der Waals surface area contributed by atoms with E-state index in [0.29, 0.717) is 0 Å². The van der Waals surface area contributed by atoms with Gasteiger partial charge in [-0.25, -0.2) is 0 Å². The molecular weight excluding hydrogens is 162 g/mol. The van der Waals surface area contributed by atoms with Crippen LogP contribution in [0.5, 0.6) is 0 Å². The van der Waals surface area contributed by atoms with E-state index >= 15 is 0 Å². The van der Waals surface area contributed by atoms with Crippen molar-refractivity contribution >= 4 is 5.91 Å². The van der Waals surface area contributed by atoms with Crippen LogP contribution in [0.1, 0.15) is 46.5 Å². The lowest BCUT2D eigenvalue weighted by Crippen LogP contribution is -2.37. The lowest BCUT2D eigenvalue weighted by Gasteiger charge is -2.26. The van der Waals surface area contributed by atoms with Crippen LogP contribution in [0, 0.1) is 11.8 Å². The largest absolute Gasteiger partial charge is 0.354 e. The Kier molecular flexibility index (Phi) is 3.76.